The molecule has 35 heavy (non-hydrogen) atoms. The number of hydrogen-bond acceptors (Lipinski definition) is 7. The Bertz CT molecular complexity index is 1150. The maximum absolute atomic E-state index is 13.1. The van der Waals surface area contributed by atoms with Crippen LogP contribution >= 0.6 is 0 Å². The molecule has 1 heterocycles. The van der Waals surface area contributed by atoms with Crippen LogP contribution in [-0.4, -0.2) is 46.7 Å². The van der Waals surface area contributed by atoms with E-state index in [9.17, 15) is 8.42 Å². The van der Waals surface area contributed by atoms with Crippen LogP contribution in [0.2, 0.25) is 0 Å². The fraction of sp³-hybridized carbons (Fsp3) is 0.333. The van der Waals surface area contributed by atoms with E-state index in [1.807, 2.05) is 67.6 Å². The molecule has 3 aromatic rings. The summed E-state index contributed by atoms with van der Waals surface area (Å²) in [6, 6.07) is 25.9. The largest absolute Gasteiger partial charge is 0.374 e. The zero-order valence-corrected chi connectivity index (χ0v) is 20.6. The summed E-state index contributed by atoms with van der Waals surface area (Å²) in [5, 5.41) is 0. The lowest BCUT2D eigenvalue weighted by Crippen LogP contribution is -2.40. The Kier molecular flexibility index (Phi) is 8.67. The molecule has 0 N–H and O–H groups in total. The van der Waals surface area contributed by atoms with E-state index in [0.29, 0.717) is 6.61 Å². The molecule has 8 heteroatoms. The highest BCUT2D eigenvalue weighted by Crippen LogP contribution is 2.31. The summed E-state index contributed by atoms with van der Waals surface area (Å²) >= 11 is 0. The van der Waals surface area contributed by atoms with Gasteiger partial charge in [0.2, 0.25) is 0 Å². The van der Waals surface area contributed by atoms with E-state index in [0.717, 1.165) is 16.7 Å². The second-order valence-electron chi connectivity index (χ2n) is 8.37. The van der Waals surface area contributed by atoms with Crippen LogP contribution in [0.15, 0.2) is 89.8 Å². The Balaban J connectivity index is 1.51. The Morgan fingerprint density at radius 2 is 1.40 bits per heavy atom. The molecule has 0 amide bonds. The van der Waals surface area contributed by atoms with Crippen LogP contribution in [0.3, 0.4) is 0 Å². The lowest BCUT2D eigenvalue weighted by molar-refractivity contribution is -0.152. The third kappa shape index (κ3) is 6.76. The summed E-state index contributed by atoms with van der Waals surface area (Å²) in [5.41, 5.74) is 2.91. The number of methoxy groups -OCH3 is 1. The van der Waals surface area contributed by atoms with Crippen LogP contribution in [0, 0.1) is 6.92 Å². The van der Waals surface area contributed by atoms with E-state index >= 15 is 0 Å². The van der Waals surface area contributed by atoms with Gasteiger partial charge in [-0.15, -0.1) is 0 Å². The van der Waals surface area contributed by atoms with E-state index in [1.165, 1.54) is 19.2 Å². The Hall–Kier alpha value is -2.59. The average Bonchev–Trinajstić information content (AvgIpc) is 3.19. The topological polar surface area (TPSA) is 80.3 Å². The van der Waals surface area contributed by atoms with E-state index in [4.69, 9.17) is 23.1 Å². The molecule has 0 radical (unpaired) electrons. The highest BCUT2D eigenvalue weighted by molar-refractivity contribution is 7.86. The monoisotopic (exact) mass is 498 g/mol. The van der Waals surface area contributed by atoms with Crippen molar-refractivity contribution in [1.82, 2.24) is 0 Å². The van der Waals surface area contributed by atoms with Crippen molar-refractivity contribution >= 4 is 10.1 Å². The SMILES string of the molecule is CO[C@H]1O[C@H](COCc2ccccc2)[C@H](OCc2ccccc2)[C@H]1OS(=O)(=O)c1ccc(C)cc1. The van der Waals surface area contributed by atoms with Crippen molar-refractivity contribution in [2.75, 3.05) is 13.7 Å². The predicted molar refractivity (Wildman–Crippen MR) is 130 cm³/mol. The zero-order valence-electron chi connectivity index (χ0n) is 19.8. The third-order valence-electron chi connectivity index (χ3n) is 5.73. The number of rotatable bonds is 11. The quantitative estimate of drug-likeness (QED) is 0.366. The van der Waals surface area contributed by atoms with Crippen molar-refractivity contribution in [3.8, 4) is 0 Å². The first-order chi connectivity index (χ1) is 17.0. The molecule has 0 bridgehead atoms. The maximum atomic E-state index is 13.1. The summed E-state index contributed by atoms with van der Waals surface area (Å²) in [5.74, 6) is 0. The number of ether oxygens (including phenoxy) is 4. The predicted octanol–water partition coefficient (Wildman–Crippen LogP) is 4.24. The lowest BCUT2D eigenvalue weighted by atomic mass is 10.1. The Labute approximate surface area is 206 Å². The summed E-state index contributed by atoms with van der Waals surface area (Å²) < 4.78 is 55.3. The third-order valence-corrected chi connectivity index (χ3v) is 7.05. The smallest absolute Gasteiger partial charge is 0.297 e. The fourth-order valence-corrected chi connectivity index (χ4v) is 4.93. The second-order valence-corrected chi connectivity index (χ2v) is 9.94. The molecule has 7 nitrogen and oxygen atoms in total. The van der Waals surface area contributed by atoms with Gasteiger partial charge in [0.15, 0.2) is 12.4 Å². The number of hydrogen-bond donors (Lipinski definition) is 0. The van der Waals surface area contributed by atoms with E-state index in [1.54, 1.807) is 12.1 Å². The van der Waals surface area contributed by atoms with Gasteiger partial charge in [-0.3, -0.25) is 4.18 Å². The van der Waals surface area contributed by atoms with Crippen LogP contribution < -0.4 is 0 Å². The Morgan fingerprint density at radius 1 is 0.800 bits per heavy atom. The molecule has 0 aliphatic carbocycles. The van der Waals surface area contributed by atoms with Crippen molar-refractivity contribution in [2.24, 2.45) is 0 Å². The molecule has 4 atom stereocenters. The van der Waals surface area contributed by atoms with Gasteiger partial charge in [0.25, 0.3) is 10.1 Å². The molecule has 4 rings (SSSR count). The molecule has 186 valence electrons. The van der Waals surface area contributed by atoms with E-state index in [-0.39, 0.29) is 18.1 Å². The number of benzene rings is 3. The first kappa shape index (κ1) is 25.5. The van der Waals surface area contributed by atoms with Crippen LogP contribution in [0.1, 0.15) is 16.7 Å². The summed E-state index contributed by atoms with van der Waals surface area (Å²) in [7, 11) is -2.64. The van der Waals surface area contributed by atoms with Gasteiger partial charge in [-0.2, -0.15) is 8.42 Å². The van der Waals surface area contributed by atoms with E-state index < -0.39 is 34.7 Å². The van der Waals surface area contributed by atoms with E-state index in [2.05, 4.69) is 0 Å². The lowest BCUT2D eigenvalue weighted by Gasteiger charge is -2.24. The van der Waals surface area contributed by atoms with Gasteiger partial charge < -0.3 is 18.9 Å². The van der Waals surface area contributed by atoms with Gasteiger partial charge in [-0.1, -0.05) is 78.4 Å². The molecule has 0 spiro atoms. The molecule has 3 aromatic carbocycles. The molecule has 1 aliphatic rings. The molecular formula is C27H30O7S. The minimum absolute atomic E-state index is 0.0588. The molecule has 1 aliphatic heterocycles. The normalized spacial score (nSPS) is 22.3. The van der Waals surface area contributed by atoms with Crippen LogP contribution in [0.4, 0.5) is 0 Å². The van der Waals surface area contributed by atoms with Crippen molar-refractivity contribution in [3.63, 3.8) is 0 Å². The number of aryl methyl sites for hydroxylation is 1. The molecule has 1 fully saturated rings. The van der Waals surface area contributed by atoms with Crippen molar-refractivity contribution in [3.05, 3.63) is 102 Å². The van der Waals surface area contributed by atoms with Crippen molar-refractivity contribution in [2.45, 2.75) is 49.6 Å². The van der Waals surface area contributed by atoms with Gasteiger partial charge in [0, 0.05) is 7.11 Å². The molecule has 0 aromatic heterocycles. The second kappa shape index (κ2) is 11.9. The van der Waals surface area contributed by atoms with Gasteiger partial charge in [0.05, 0.1) is 24.7 Å². The molecule has 0 saturated carbocycles. The first-order valence-electron chi connectivity index (χ1n) is 11.4. The summed E-state index contributed by atoms with van der Waals surface area (Å²) in [4.78, 5) is 0.0588. The maximum Gasteiger partial charge on any atom is 0.297 e. The van der Waals surface area contributed by atoms with Gasteiger partial charge >= 0.3 is 0 Å². The highest BCUT2D eigenvalue weighted by atomic mass is 32.2. The first-order valence-corrected chi connectivity index (χ1v) is 12.8. The van der Waals surface area contributed by atoms with Crippen LogP contribution in [0.25, 0.3) is 0 Å². The van der Waals surface area contributed by atoms with Crippen LogP contribution in [0.5, 0.6) is 0 Å². The van der Waals surface area contributed by atoms with Gasteiger partial charge in [-0.05, 0) is 30.2 Å². The minimum Gasteiger partial charge on any atom is -0.374 e. The Morgan fingerprint density at radius 3 is 2.00 bits per heavy atom. The highest BCUT2D eigenvalue weighted by Gasteiger charge is 2.49. The minimum atomic E-state index is -4.09. The summed E-state index contributed by atoms with van der Waals surface area (Å²) in [6.07, 6.45) is -3.29. The molecular weight excluding hydrogens is 468 g/mol. The molecule has 0 unspecified atom stereocenters. The van der Waals surface area contributed by atoms with Gasteiger partial charge in [0.1, 0.15) is 12.2 Å². The van der Waals surface area contributed by atoms with Crippen molar-refractivity contribution < 1.29 is 31.5 Å². The van der Waals surface area contributed by atoms with Crippen molar-refractivity contribution in [1.29, 1.82) is 0 Å². The van der Waals surface area contributed by atoms with Crippen LogP contribution in [-0.2, 0) is 46.5 Å². The zero-order chi connectivity index (χ0) is 24.7. The fourth-order valence-electron chi connectivity index (χ4n) is 3.86. The summed E-state index contributed by atoms with van der Waals surface area (Å²) in [6.45, 7) is 2.71. The average molecular weight is 499 g/mol. The standard InChI is InChI=1S/C27H30O7S/c1-20-13-15-23(16-14-20)35(28,29)34-26-25(32-18-22-11-7-4-8-12-22)24(33-27(26)30-2)19-31-17-21-9-5-3-6-10-21/h3-16,24-27H,17-19H2,1-2H3/t24-,25+,26-,27+/m1/s1. The molecule has 1 saturated heterocycles. The van der Waals surface area contributed by atoms with Gasteiger partial charge in [-0.25, -0.2) is 0 Å².